The standard InChI is InChI=1S/C22H26N2O4/c1-17(28-21(25)12-7-18-5-3-2-4-6-18)22(26)23-19-8-10-20(11-9-19)24-13-15-27-16-14-24/h2-6,8-11,17H,7,12-16H2,1H3,(H,23,26). The fraction of sp³-hybridized carbons (Fsp3) is 0.364. The average Bonchev–Trinajstić information content (AvgIpc) is 2.74. The molecule has 0 bridgehead atoms. The molecule has 6 nitrogen and oxygen atoms in total. The van der Waals surface area contributed by atoms with Crippen LogP contribution in [0.3, 0.4) is 0 Å². The number of nitrogens with one attached hydrogen (secondary N) is 1. The van der Waals surface area contributed by atoms with Gasteiger partial charge in [-0.2, -0.15) is 0 Å². The van der Waals surface area contributed by atoms with Gasteiger partial charge in [0.1, 0.15) is 0 Å². The number of amides is 1. The van der Waals surface area contributed by atoms with Gasteiger partial charge in [0, 0.05) is 30.9 Å². The predicted octanol–water partition coefficient (Wildman–Crippen LogP) is 3.03. The Bertz CT molecular complexity index is 771. The van der Waals surface area contributed by atoms with Crippen LogP contribution in [0.5, 0.6) is 0 Å². The molecule has 2 aromatic rings. The van der Waals surface area contributed by atoms with Gasteiger partial charge in [-0.3, -0.25) is 9.59 Å². The van der Waals surface area contributed by atoms with E-state index >= 15 is 0 Å². The zero-order valence-electron chi connectivity index (χ0n) is 16.1. The number of morpholine rings is 1. The quantitative estimate of drug-likeness (QED) is 0.746. The van der Waals surface area contributed by atoms with Crippen LogP contribution in [0.1, 0.15) is 18.9 Å². The van der Waals surface area contributed by atoms with Crippen LogP contribution in [0.2, 0.25) is 0 Å². The largest absolute Gasteiger partial charge is 0.453 e. The summed E-state index contributed by atoms with van der Waals surface area (Å²) in [5, 5.41) is 2.79. The molecule has 1 aliphatic heterocycles. The van der Waals surface area contributed by atoms with E-state index in [1.54, 1.807) is 6.92 Å². The molecule has 1 atom stereocenters. The summed E-state index contributed by atoms with van der Waals surface area (Å²) < 4.78 is 10.6. The zero-order chi connectivity index (χ0) is 19.8. The van der Waals surface area contributed by atoms with Crippen molar-refractivity contribution < 1.29 is 19.1 Å². The average molecular weight is 382 g/mol. The second kappa shape index (κ2) is 9.90. The summed E-state index contributed by atoms with van der Waals surface area (Å²) in [6.45, 7) is 4.76. The summed E-state index contributed by atoms with van der Waals surface area (Å²) in [7, 11) is 0. The molecule has 0 spiro atoms. The predicted molar refractivity (Wildman–Crippen MR) is 108 cm³/mol. The Morgan fingerprint density at radius 1 is 1.07 bits per heavy atom. The van der Waals surface area contributed by atoms with E-state index in [9.17, 15) is 9.59 Å². The molecular weight excluding hydrogens is 356 g/mol. The van der Waals surface area contributed by atoms with E-state index in [0.717, 1.165) is 37.6 Å². The number of esters is 1. The molecule has 0 saturated carbocycles. The molecule has 1 aliphatic rings. The zero-order valence-corrected chi connectivity index (χ0v) is 16.1. The first-order valence-corrected chi connectivity index (χ1v) is 9.59. The van der Waals surface area contributed by atoms with E-state index < -0.39 is 6.10 Å². The maximum absolute atomic E-state index is 12.3. The van der Waals surface area contributed by atoms with Gasteiger partial charge in [-0.05, 0) is 43.2 Å². The molecule has 3 rings (SSSR count). The van der Waals surface area contributed by atoms with Gasteiger partial charge in [0.05, 0.1) is 13.2 Å². The minimum Gasteiger partial charge on any atom is -0.453 e. The van der Waals surface area contributed by atoms with Crippen molar-refractivity contribution in [3.8, 4) is 0 Å². The number of hydrogen-bond donors (Lipinski definition) is 1. The van der Waals surface area contributed by atoms with Crippen LogP contribution in [0, 0.1) is 0 Å². The second-order valence-electron chi connectivity index (χ2n) is 6.75. The van der Waals surface area contributed by atoms with Gasteiger partial charge in [0.25, 0.3) is 5.91 Å². The number of rotatable bonds is 7. The molecule has 1 unspecified atom stereocenters. The number of hydrogen-bond acceptors (Lipinski definition) is 5. The van der Waals surface area contributed by atoms with Gasteiger partial charge in [-0.15, -0.1) is 0 Å². The molecule has 148 valence electrons. The smallest absolute Gasteiger partial charge is 0.306 e. The van der Waals surface area contributed by atoms with Crippen LogP contribution in [0.25, 0.3) is 0 Å². The van der Waals surface area contributed by atoms with Gasteiger partial charge in [0.15, 0.2) is 6.10 Å². The molecule has 0 radical (unpaired) electrons. The highest BCUT2D eigenvalue weighted by atomic mass is 16.5. The van der Waals surface area contributed by atoms with Crippen molar-refractivity contribution in [2.75, 3.05) is 36.5 Å². The van der Waals surface area contributed by atoms with Crippen molar-refractivity contribution in [1.82, 2.24) is 0 Å². The lowest BCUT2D eigenvalue weighted by Crippen LogP contribution is -2.36. The summed E-state index contributed by atoms with van der Waals surface area (Å²) >= 11 is 0. The summed E-state index contributed by atoms with van der Waals surface area (Å²) in [4.78, 5) is 26.5. The van der Waals surface area contributed by atoms with E-state index in [1.165, 1.54) is 0 Å². The molecule has 1 amide bonds. The third kappa shape index (κ3) is 5.82. The molecular formula is C22H26N2O4. The Kier molecular flexibility index (Phi) is 7.03. The summed E-state index contributed by atoms with van der Waals surface area (Å²) in [6, 6.07) is 17.4. The van der Waals surface area contributed by atoms with Gasteiger partial charge >= 0.3 is 5.97 Å². The Labute approximate surface area is 165 Å². The molecule has 1 N–H and O–H groups in total. The number of aryl methyl sites for hydroxylation is 1. The minimum absolute atomic E-state index is 0.246. The van der Waals surface area contributed by atoms with Crippen molar-refractivity contribution in [3.05, 3.63) is 60.2 Å². The summed E-state index contributed by atoms with van der Waals surface area (Å²) in [5.41, 5.74) is 2.84. The fourth-order valence-corrected chi connectivity index (χ4v) is 3.02. The van der Waals surface area contributed by atoms with Crippen LogP contribution < -0.4 is 10.2 Å². The number of carbonyl (C=O) groups is 2. The maximum atomic E-state index is 12.3. The monoisotopic (exact) mass is 382 g/mol. The highest BCUT2D eigenvalue weighted by Crippen LogP contribution is 2.19. The van der Waals surface area contributed by atoms with Gasteiger partial charge in [-0.1, -0.05) is 30.3 Å². The fourth-order valence-electron chi connectivity index (χ4n) is 3.02. The minimum atomic E-state index is -0.845. The normalized spacial score (nSPS) is 15.0. The lowest BCUT2D eigenvalue weighted by atomic mass is 10.1. The second-order valence-corrected chi connectivity index (χ2v) is 6.75. The molecule has 1 heterocycles. The van der Waals surface area contributed by atoms with E-state index in [1.807, 2.05) is 54.6 Å². The lowest BCUT2D eigenvalue weighted by Gasteiger charge is -2.28. The highest BCUT2D eigenvalue weighted by molar-refractivity contribution is 5.95. The van der Waals surface area contributed by atoms with Crippen LogP contribution >= 0.6 is 0 Å². The van der Waals surface area contributed by atoms with Gasteiger partial charge in [0.2, 0.25) is 0 Å². The van der Waals surface area contributed by atoms with Gasteiger partial charge in [-0.25, -0.2) is 0 Å². The first-order valence-electron chi connectivity index (χ1n) is 9.59. The number of anilines is 2. The summed E-state index contributed by atoms with van der Waals surface area (Å²) in [6.07, 6.45) is -0.00502. The van der Waals surface area contributed by atoms with Crippen molar-refractivity contribution >= 4 is 23.3 Å². The Hall–Kier alpha value is -2.86. The first-order chi connectivity index (χ1) is 13.6. The van der Waals surface area contributed by atoms with Gasteiger partial charge < -0.3 is 19.7 Å². The molecule has 0 aliphatic carbocycles. The van der Waals surface area contributed by atoms with Crippen molar-refractivity contribution in [2.45, 2.75) is 25.9 Å². The Morgan fingerprint density at radius 3 is 2.43 bits per heavy atom. The molecule has 1 fully saturated rings. The Morgan fingerprint density at radius 2 is 1.75 bits per heavy atom. The third-order valence-corrected chi connectivity index (χ3v) is 4.65. The van der Waals surface area contributed by atoms with Crippen molar-refractivity contribution in [1.29, 1.82) is 0 Å². The maximum Gasteiger partial charge on any atom is 0.306 e. The third-order valence-electron chi connectivity index (χ3n) is 4.65. The SMILES string of the molecule is CC(OC(=O)CCc1ccccc1)C(=O)Nc1ccc(N2CCOCC2)cc1. The molecule has 1 saturated heterocycles. The Balaban J connectivity index is 1.44. The topological polar surface area (TPSA) is 67.9 Å². The van der Waals surface area contributed by atoms with E-state index in [-0.39, 0.29) is 18.3 Å². The van der Waals surface area contributed by atoms with Crippen molar-refractivity contribution in [3.63, 3.8) is 0 Å². The van der Waals surface area contributed by atoms with E-state index in [0.29, 0.717) is 12.1 Å². The van der Waals surface area contributed by atoms with E-state index in [2.05, 4.69) is 10.2 Å². The van der Waals surface area contributed by atoms with Crippen LogP contribution in [-0.2, 0) is 25.5 Å². The molecule has 2 aromatic carbocycles. The number of carbonyl (C=O) groups excluding carboxylic acids is 2. The van der Waals surface area contributed by atoms with Crippen LogP contribution in [-0.4, -0.2) is 44.3 Å². The number of ether oxygens (including phenoxy) is 2. The molecule has 28 heavy (non-hydrogen) atoms. The van der Waals surface area contributed by atoms with Crippen molar-refractivity contribution in [2.24, 2.45) is 0 Å². The van der Waals surface area contributed by atoms with Crippen LogP contribution in [0.15, 0.2) is 54.6 Å². The van der Waals surface area contributed by atoms with E-state index in [4.69, 9.17) is 9.47 Å². The lowest BCUT2D eigenvalue weighted by molar-refractivity contribution is -0.153. The number of benzene rings is 2. The highest BCUT2D eigenvalue weighted by Gasteiger charge is 2.18. The number of nitrogens with zero attached hydrogens (tertiary/aromatic N) is 1. The van der Waals surface area contributed by atoms with Crippen LogP contribution in [0.4, 0.5) is 11.4 Å². The first kappa shape index (κ1) is 19.9. The summed E-state index contributed by atoms with van der Waals surface area (Å²) in [5.74, 6) is -0.721. The molecule has 0 aromatic heterocycles. The molecule has 6 heteroatoms.